The zero-order chi connectivity index (χ0) is 30.8. The number of urea groups is 1. The third-order valence-electron chi connectivity index (χ3n) is 6.34. The van der Waals surface area contributed by atoms with E-state index in [1.54, 1.807) is 74.5 Å². The molecule has 0 radical (unpaired) electrons. The fourth-order valence-electron chi connectivity index (χ4n) is 4.25. The third-order valence-corrected chi connectivity index (χ3v) is 6.34. The Morgan fingerprint density at radius 3 is 2.58 bits per heavy atom. The number of esters is 1. The lowest BCUT2D eigenvalue weighted by molar-refractivity contribution is -0.136. The van der Waals surface area contributed by atoms with Gasteiger partial charge in [0.25, 0.3) is 0 Å². The maximum atomic E-state index is 13.8. The molecule has 2 amide bonds. The van der Waals surface area contributed by atoms with Crippen LogP contribution in [0.1, 0.15) is 36.6 Å². The molecule has 0 fully saturated rings. The van der Waals surface area contributed by atoms with Gasteiger partial charge in [-0.05, 0) is 67.4 Å². The molecule has 0 aliphatic carbocycles. The summed E-state index contributed by atoms with van der Waals surface area (Å²) < 4.78 is 35.8. The average Bonchev–Trinajstić information content (AvgIpc) is 3.00. The first-order valence-corrected chi connectivity index (χ1v) is 13.5. The highest BCUT2D eigenvalue weighted by atomic mass is 19.1. The van der Waals surface area contributed by atoms with Crippen LogP contribution < -0.4 is 30.3 Å². The number of allylic oxidation sites excluding steroid dienone is 1. The number of rotatable bonds is 13. The average molecular weight is 593 g/mol. The van der Waals surface area contributed by atoms with Crippen molar-refractivity contribution in [1.29, 1.82) is 0 Å². The van der Waals surface area contributed by atoms with E-state index in [4.69, 9.17) is 18.9 Å². The molecule has 0 aromatic heterocycles. The van der Waals surface area contributed by atoms with E-state index in [-0.39, 0.29) is 24.6 Å². The molecule has 12 heteroatoms. The Morgan fingerprint density at radius 1 is 1.09 bits per heavy atom. The summed E-state index contributed by atoms with van der Waals surface area (Å²) in [6.07, 6.45) is 0.375. The lowest BCUT2D eigenvalue weighted by atomic mass is 9.95. The van der Waals surface area contributed by atoms with Crippen LogP contribution in [0.15, 0.2) is 83.1 Å². The van der Waals surface area contributed by atoms with E-state index >= 15 is 0 Å². The van der Waals surface area contributed by atoms with E-state index in [2.05, 4.69) is 21.2 Å². The number of benzene rings is 3. The van der Waals surface area contributed by atoms with Crippen LogP contribution in [0.5, 0.6) is 17.2 Å². The second kappa shape index (κ2) is 14.7. The van der Waals surface area contributed by atoms with Crippen LogP contribution in [0.4, 0.5) is 9.18 Å². The maximum absolute atomic E-state index is 13.8. The second-order valence-electron chi connectivity index (χ2n) is 9.36. The number of nitrogens with one attached hydrogen (secondary N) is 3. The predicted octanol–water partition coefficient (Wildman–Crippen LogP) is 3.93. The Kier molecular flexibility index (Phi) is 10.5. The highest BCUT2D eigenvalue weighted by molar-refractivity contribution is 5.95. The van der Waals surface area contributed by atoms with Gasteiger partial charge < -0.3 is 34.7 Å². The van der Waals surface area contributed by atoms with Crippen molar-refractivity contribution in [3.05, 3.63) is 101 Å². The SMILES string of the molecule is CCOc1cc([C@H]2NC(=O)NC(C)=C2C(=O)OC)ccc1OC[C@@H](O)N/N=C\c1ccc(OCc2ccccc2F)cc1. The van der Waals surface area contributed by atoms with Gasteiger partial charge in [-0.3, -0.25) is 5.43 Å². The molecule has 4 N–H and O–H groups in total. The van der Waals surface area contributed by atoms with Crippen molar-refractivity contribution in [3.8, 4) is 17.2 Å². The molecule has 0 saturated carbocycles. The predicted molar refractivity (Wildman–Crippen MR) is 156 cm³/mol. The number of hydrazone groups is 1. The molecule has 43 heavy (non-hydrogen) atoms. The van der Waals surface area contributed by atoms with Crippen molar-refractivity contribution >= 4 is 18.2 Å². The number of halogens is 1. The number of hydrogen-bond acceptors (Lipinski definition) is 9. The molecule has 4 rings (SSSR count). The lowest BCUT2D eigenvalue weighted by Gasteiger charge is -2.28. The fraction of sp³-hybridized carbons (Fsp3) is 0.258. The van der Waals surface area contributed by atoms with E-state index in [1.165, 1.54) is 19.4 Å². The van der Waals surface area contributed by atoms with Gasteiger partial charge in [-0.2, -0.15) is 5.10 Å². The molecule has 0 spiro atoms. The molecule has 1 heterocycles. The van der Waals surface area contributed by atoms with Crippen LogP contribution in [-0.2, 0) is 16.1 Å². The van der Waals surface area contributed by atoms with Gasteiger partial charge in [-0.25, -0.2) is 14.0 Å². The number of aliphatic hydroxyl groups excluding tert-OH is 1. The number of nitrogens with zero attached hydrogens (tertiary/aromatic N) is 1. The van der Waals surface area contributed by atoms with Crippen molar-refractivity contribution < 1.29 is 38.0 Å². The molecule has 3 aromatic rings. The van der Waals surface area contributed by atoms with Gasteiger partial charge in [0.05, 0.1) is 31.5 Å². The Morgan fingerprint density at radius 2 is 1.86 bits per heavy atom. The van der Waals surface area contributed by atoms with Gasteiger partial charge in [0.1, 0.15) is 24.8 Å². The first-order chi connectivity index (χ1) is 20.8. The van der Waals surface area contributed by atoms with E-state index in [9.17, 15) is 19.1 Å². The fourth-order valence-corrected chi connectivity index (χ4v) is 4.25. The van der Waals surface area contributed by atoms with Crippen molar-refractivity contribution in [2.75, 3.05) is 20.3 Å². The topological polar surface area (TPSA) is 140 Å². The molecule has 226 valence electrons. The van der Waals surface area contributed by atoms with Crippen LogP contribution in [-0.4, -0.2) is 49.9 Å². The summed E-state index contributed by atoms with van der Waals surface area (Å²) in [7, 11) is 1.27. The van der Waals surface area contributed by atoms with E-state index in [0.717, 1.165) is 5.56 Å². The Balaban J connectivity index is 1.33. The molecule has 1 aliphatic heterocycles. The zero-order valence-corrected chi connectivity index (χ0v) is 23.9. The number of aliphatic hydroxyl groups is 1. The van der Waals surface area contributed by atoms with Crippen LogP contribution >= 0.6 is 0 Å². The number of carbonyl (C=O) groups is 2. The quantitative estimate of drug-likeness (QED) is 0.101. The number of carbonyl (C=O) groups excluding carboxylic acids is 2. The van der Waals surface area contributed by atoms with Crippen molar-refractivity contribution in [1.82, 2.24) is 16.1 Å². The van der Waals surface area contributed by atoms with Crippen LogP contribution in [0.25, 0.3) is 0 Å². The van der Waals surface area contributed by atoms with Crippen molar-refractivity contribution in [3.63, 3.8) is 0 Å². The van der Waals surface area contributed by atoms with Gasteiger partial charge in [0.2, 0.25) is 0 Å². The summed E-state index contributed by atoms with van der Waals surface area (Å²) in [5.41, 5.74) is 5.03. The van der Waals surface area contributed by atoms with Crippen LogP contribution in [0, 0.1) is 5.82 Å². The molecule has 0 saturated heterocycles. The summed E-state index contributed by atoms with van der Waals surface area (Å²) in [6.45, 7) is 3.71. The number of amides is 2. The number of ether oxygens (including phenoxy) is 4. The van der Waals surface area contributed by atoms with E-state index in [0.29, 0.717) is 40.7 Å². The molecule has 2 atom stereocenters. The molecule has 11 nitrogen and oxygen atoms in total. The molecular formula is C31H33FN4O7. The van der Waals surface area contributed by atoms with Crippen LogP contribution in [0.3, 0.4) is 0 Å². The molecule has 0 unspecified atom stereocenters. The Labute approximate surface area is 248 Å². The highest BCUT2D eigenvalue weighted by Gasteiger charge is 2.32. The van der Waals surface area contributed by atoms with Gasteiger partial charge in [0.15, 0.2) is 17.7 Å². The minimum Gasteiger partial charge on any atom is -0.490 e. The van der Waals surface area contributed by atoms with Crippen molar-refractivity contribution in [2.24, 2.45) is 5.10 Å². The van der Waals surface area contributed by atoms with Crippen LogP contribution in [0.2, 0.25) is 0 Å². The smallest absolute Gasteiger partial charge is 0.337 e. The zero-order valence-electron chi connectivity index (χ0n) is 23.9. The molecular weight excluding hydrogens is 559 g/mol. The minimum absolute atomic E-state index is 0.113. The normalized spacial score (nSPS) is 15.4. The monoisotopic (exact) mass is 592 g/mol. The van der Waals surface area contributed by atoms with E-state index in [1.807, 2.05) is 0 Å². The number of methoxy groups -OCH3 is 1. The van der Waals surface area contributed by atoms with Gasteiger partial charge >= 0.3 is 12.0 Å². The van der Waals surface area contributed by atoms with E-state index < -0.39 is 24.3 Å². The third kappa shape index (κ3) is 8.23. The summed E-state index contributed by atoms with van der Waals surface area (Å²) in [5.74, 6) is 0.393. The minimum atomic E-state index is -1.14. The first kappa shape index (κ1) is 30.8. The Hall–Kier alpha value is -5.10. The number of hydrogen-bond donors (Lipinski definition) is 4. The van der Waals surface area contributed by atoms with Gasteiger partial charge in [0, 0.05) is 11.3 Å². The summed E-state index contributed by atoms with van der Waals surface area (Å²) in [5, 5.41) is 19.7. The lowest BCUT2D eigenvalue weighted by Crippen LogP contribution is -2.45. The maximum Gasteiger partial charge on any atom is 0.337 e. The molecule has 3 aromatic carbocycles. The summed E-state index contributed by atoms with van der Waals surface area (Å²) in [4.78, 5) is 24.5. The van der Waals surface area contributed by atoms with Gasteiger partial charge in [-0.1, -0.05) is 24.3 Å². The standard InChI is InChI=1S/C31H33FN4O7/c1-4-41-26-15-21(29-28(30(38)40-3)19(2)34-31(39)35-29)11-14-25(26)43-18-27(37)36-33-16-20-9-12-23(13-10-20)42-17-22-7-5-6-8-24(22)32/h5-16,27,29,36-37H,4,17-18H2,1-3H3,(H2,34,35,39)/b33-16-/t27-,29-/m1/s1. The molecule has 1 aliphatic rings. The Bertz CT molecular complexity index is 1490. The summed E-state index contributed by atoms with van der Waals surface area (Å²) in [6, 6.07) is 17.2. The highest BCUT2D eigenvalue weighted by Crippen LogP contribution is 2.35. The largest absolute Gasteiger partial charge is 0.490 e. The second-order valence-corrected chi connectivity index (χ2v) is 9.36. The summed E-state index contributed by atoms with van der Waals surface area (Å²) >= 11 is 0. The van der Waals surface area contributed by atoms with Gasteiger partial charge in [-0.15, -0.1) is 0 Å². The first-order valence-electron chi connectivity index (χ1n) is 13.5. The van der Waals surface area contributed by atoms with Crippen molar-refractivity contribution in [2.45, 2.75) is 32.7 Å². The molecule has 0 bridgehead atoms.